The Hall–Kier alpha value is -1.36. The lowest BCUT2D eigenvalue weighted by molar-refractivity contribution is 0.105. The van der Waals surface area contributed by atoms with E-state index in [-0.39, 0.29) is 11.6 Å². The summed E-state index contributed by atoms with van der Waals surface area (Å²) in [6, 6.07) is 0. The average Bonchev–Trinajstić information content (AvgIpc) is 2.79. The maximum Gasteiger partial charge on any atom is 0.135 e. The zero-order chi connectivity index (χ0) is 15.3. The van der Waals surface area contributed by atoms with Crippen LogP contribution in [0.1, 0.15) is 52.5 Å². The highest BCUT2D eigenvalue weighted by Crippen LogP contribution is 2.31. The lowest BCUT2D eigenvalue weighted by Gasteiger charge is -2.30. The predicted octanol–water partition coefficient (Wildman–Crippen LogP) is 3.23. The van der Waals surface area contributed by atoms with Crippen LogP contribution < -0.4 is 10.6 Å². The molecule has 1 aliphatic rings. The third-order valence-electron chi connectivity index (χ3n) is 4.28. The van der Waals surface area contributed by atoms with Gasteiger partial charge in [0.15, 0.2) is 0 Å². The van der Waals surface area contributed by atoms with Crippen LogP contribution in [-0.2, 0) is 11.2 Å². The number of ether oxygens (including phenoxy) is 1. The Morgan fingerprint density at radius 1 is 1.29 bits per heavy atom. The van der Waals surface area contributed by atoms with Crippen molar-refractivity contribution in [3.05, 3.63) is 11.9 Å². The van der Waals surface area contributed by atoms with E-state index in [9.17, 15) is 0 Å². The Bertz CT molecular complexity index is 466. The SMILES string of the molecule is CCCNc1ncnc(NC2(C)CCOC2C)c1CCC. The molecular formula is C16H28N4O. The maximum atomic E-state index is 5.71. The summed E-state index contributed by atoms with van der Waals surface area (Å²) in [4.78, 5) is 8.91. The van der Waals surface area contributed by atoms with Gasteiger partial charge in [-0.15, -0.1) is 0 Å². The van der Waals surface area contributed by atoms with Crippen molar-refractivity contribution in [3.8, 4) is 0 Å². The summed E-state index contributed by atoms with van der Waals surface area (Å²) in [5, 5.41) is 7.04. The van der Waals surface area contributed by atoms with E-state index in [2.05, 4.69) is 48.3 Å². The minimum absolute atomic E-state index is 0.0567. The molecule has 5 heteroatoms. The fourth-order valence-corrected chi connectivity index (χ4v) is 2.67. The second-order valence-electron chi connectivity index (χ2n) is 6.03. The Morgan fingerprint density at radius 3 is 2.67 bits per heavy atom. The summed E-state index contributed by atoms with van der Waals surface area (Å²) >= 11 is 0. The van der Waals surface area contributed by atoms with Gasteiger partial charge >= 0.3 is 0 Å². The lowest BCUT2D eigenvalue weighted by Crippen LogP contribution is -2.41. The molecule has 0 aromatic carbocycles. The van der Waals surface area contributed by atoms with E-state index in [1.165, 1.54) is 5.56 Å². The van der Waals surface area contributed by atoms with Crippen molar-refractivity contribution < 1.29 is 4.74 Å². The van der Waals surface area contributed by atoms with Gasteiger partial charge in [-0.2, -0.15) is 0 Å². The summed E-state index contributed by atoms with van der Waals surface area (Å²) in [7, 11) is 0. The van der Waals surface area contributed by atoms with Crippen molar-refractivity contribution in [1.29, 1.82) is 0 Å². The van der Waals surface area contributed by atoms with Crippen molar-refractivity contribution in [2.24, 2.45) is 0 Å². The number of nitrogens with zero attached hydrogens (tertiary/aromatic N) is 2. The molecule has 0 radical (unpaired) electrons. The summed E-state index contributed by atoms with van der Waals surface area (Å²) < 4.78 is 5.71. The molecule has 0 aliphatic carbocycles. The molecule has 2 atom stereocenters. The zero-order valence-corrected chi connectivity index (χ0v) is 13.7. The summed E-state index contributed by atoms with van der Waals surface area (Å²) in [5.74, 6) is 1.91. The molecular weight excluding hydrogens is 264 g/mol. The van der Waals surface area contributed by atoms with Gasteiger partial charge in [0.2, 0.25) is 0 Å². The van der Waals surface area contributed by atoms with Crippen molar-refractivity contribution >= 4 is 11.6 Å². The van der Waals surface area contributed by atoms with E-state index < -0.39 is 0 Å². The predicted molar refractivity (Wildman–Crippen MR) is 86.9 cm³/mol. The highest BCUT2D eigenvalue weighted by Gasteiger charge is 2.37. The molecule has 2 heterocycles. The van der Waals surface area contributed by atoms with E-state index in [4.69, 9.17) is 4.74 Å². The van der Waals surface area contributed by atoms with Crippen molar-refractivity contribution in [2.45, 2.75) is 65.0 Å². The van der Waals surface area contributed by atoms with Crippen LogP contribution in [0, 0.1) is 0 Å². The van der Waals surface area contributed by atoms with Gasteiger partial charge in [-0.25, -0.2) is 9.97 Å². The molecule has 2 rings (SSSR count). The van der Waals surface area contributed by atoms with Gasteiger partial charge < -0.3 is 15.4 Å². The molecule has 21 heavy (non-hydrogen) atoms. The van der Waals surface area contributed by atoms with Crippen LogP contribution in [-0.4, -0.2) is 34.8 Å². The van der Waals surface area contributed by atoms with Crippen LogP contribution in [0.3, 0.4) is 0 Å². The van der Waals surface area contributed by atoms with E-state index >= 15 is 0 Å². The largest absolute Gasteiger partial charge is 0.376 e. The fraction of sp³-hybridized carbons (Fsp3) is 0.750. The van der Waals surface area contributed by atoms with Crippen molar-refractivity contribution in [2.75, 3.05) is 23.8 Å². The number of aromatic nitrogens is 2. The van der Waals surface area contributed by atoms with E-state index in [0.29, 0.717) is 0 Å². The molecule has 0 spiro atoms. The number of anilines is 2. The van der Waals surface area contributed by atoms with E-state index in [1.807, 2.05) is 0 Å². The second kappa shape index (κ2) is 7.07. The molecule has 0 saturated carbocycles. The molecule has 1 aromatic heterocycles. The first-order valence-electron chi connectivity index (χ1n) is 8.08. The monoisotopic (exact) mass is 292 g/mol. The van der Waals surface area contributed by atoms with Crippen LogP contribution in [0.25, 0.3) is 0 Å². The highest BCUT2D eigenvalue weighted by molar-refractivity contribution is 5.58. The van der Waals surface area contributed by atoms with Gasteiger partial charge in [-0.05, 0) is 33.1 Å². The van der Waals surface area contributed by atoms with Crippen LogP contribution in [0.4, 0.5) is 11.6 Å². The number of hydrogen-bond acceptors (Lipinski definition) is 5. The molecule has 1 aromatic rings. The second-order valence-corrected chi connectivity index (χ2v) is 6.03. The number of rotatable bonds is 7. The van der Waals surface area contributed by atoms with Crippen molar-refractivity contribution in [1.82, 2.24) is 9.97 Å². The Morgan fingerprint density at radius 2 is 2.05 bits per heavy atom. The van der Waals surface area contributed by atoms with Gasteiger partial charge in [0, 0.05) is 18.7 Å². The summed E-state index contributed by atoms with van der Waals surface area (Å²) in [6.45, 7) is 10.4. The maximum absolute atomic E-state index is 5.71. The molecule has 1 saturated heterocycles. The number of nitrogens with one attached hydrogen (secondary N) is 2. The van der Waals surface area contributed by atoms with Gasteiger partial charge in [0.05, 0.1) is 11.6 Å². The molecule has 0 bridgehead atoms. The standard InChI is InChI=1S/C16H28N4O/c1-5-7-13-14(17-9-6-2)18-11-19-15(13)20-16(4)8-10-21-12(16)3/h11-12H,5-10H2,1-4H3,(H2,17,18,19,20). The highest BCUT2D eigenvalue weighted by atomic mass is 16.5. The molecule has 5 nitrogen and oxygen atoms in total. The normalized spacial score (nSPS) is 25.0. The summed E-state index contributed by atoms with van der Waals surface area (Å²) in [5.41, 5.74) is 1.13. The van der Waals surface area contributed by atoms with Gasteiger partial charge in [0.1, 0.15) is 18.0 Å². The quantitative estimate of drug-likeness (QED) is 0.808. The molecule has 1 aliphatic heterocycles. The third kappa shape index (κ3) is 3.64. The molecule has 118 valence electrons. The molecule has 1 fully saturated rings. The number of hydrogen-bond donors (Lipinski definition) is 2. The van der Waals surface area contributed by atoms with Crippen LogP contribution in [0.5, 0.6) is 0 Å². The smallest absolute Gasteiger partial charge is 0.135 e. The minimum atomic E-state index is -0.0567. The van der Waals surface area contributed by atoms with Crippen molar-refractivity contribution in [3.63, 3.8) is 0 Å². The third-order valence-corrected chi connectivity index (χ3v) is 4.28. The van der Waals surface area contributed by atoms with Gasteiger partial charge in [0.25, 0.3) is 0 Å². The van der Waals surface area contributed by atoms with Crippen LogP contribution in [0.15, 0.2) is 6.33 Å². The molecule has 2 N–H and O–H groups in total. The Labute approximate surface area is 127 Å². The Balaban J connectivity index is 2.25. The first-order valence-corrected chi connectivity index (χ1v) is 8.08. The van der Waals surface area contributed by atoms with Crippen LogP contribution >= 0.6 is 0 Å². The van der Waals surface area contributed by atoms with Gasteiger partial charge in [-0.3, -0.25) is 0 Å². The first kappa shape index (κ1) is 16.0. The fourth-order valence-electron chi connectivity index (χ4n) is 2.67. The average molecular weight is 292 g/mol. The summed E-state index contributed by atoms with van der Waals surface area (Å²) in [6.07, 6.45) is 5.96. The first-order chi connectivity index (χ1) is 10.1. The van der Waals surface area contributed by atoms with E-state index in [1.54, 1.807) is 6.33 Å². The molecule has 2 unspecified atom stereocenters. The van der Waals surface area contributed by atoms with Gasteiger partial charge in [-0.1, -0.05) is 20.3 Å². The topological polar surface area (TPSA) is 59.1 Å². The Kier molecular flexibility index (Phi) is 5.39. The van der Waals surface area contributed by atoms with E-state index in [0.717, 1.165) is 50.5 Å². The minimum Gasteiger partial charge on any atom is -0.376 e. The molecule has 0 amide bonds. The zero-order valence-electron chi connectivity index (χ0n) is 13.7. The van der Waals surface area contributed by atoms with Crippen LogP contribution in [0.2, 0.25) is 0 Å². The lowest BCUT2D eigenvalue weighted by atomic mass is 9.94.